The Bertz CT molecular complexity index is 1140. The summed E-state index contributed by atoms with van der Waals surface area (Å²) in [5, 5.41) is 4.99. The van der Waals surface area contributed by atoms with Crippen molar-refractivity contribution < 1.29 is 13.7 Å². The van der Waals surface area contributed by atoms with Crippen molar-refractivity contribution in [2.45, 2.75) is 38.7 Å². The fourth-order valence-corrected chi connectivity index (χ4v) is 3.99. The molecule has 1 atom stereocenters. The van der Waals surface area contributed by atoms with E-state index >= 15 is 0 Å². The maximum absolute atomic E-state index is 12.5. The molecule has 8 heteroatoms. The summed E-state index contributed by atoms with van der Waals surface area (Å²) in [5.41, 5.74) is 4.03. The molecule has 2 aromatic carbocycles. The fraction of sp³-hybridized carbons (Fsp3) is 0.304. The van der Waals surface area contributed by atoms with Crippen molar-refractivity contribution in [1.82, 2.24) is 9.78 Å². The van der Waals surface area contributed by atoms with E-state index in [1.165, 1.54) is 0 Å². The normalized spacial score (nSPS) is 16.2. The Kier molecular flexibility index (Phi) is 6.27. The van der Waals surface area contributed by atoms with Gasteiger partial charge in [0.2, 0.25) is 0 Å². The van der Waals surface area contributed by atoms with Crippen molar-refractivity contribution in [2.24, 2.45) is 4.40 Å². The third kappa shape index (κ3) is 4.74. The van der Waals surface area contributed by atoms with Gasteiger partial charge in [0, 0.05) is 5.56 Å². The predicted octanol–water partition coefficient (Wildman–Crippen LogP) is 4.89. The first-order valence-electron chi connectivity index (χ1n) is 9.95. The molecule has 0 aliphatic carbocycles. The third-order valence-corrected chi connectivity index (χ3v) is 6.60. The lowest BCUT2D eigenvalue weighted by Gasteiger charge is -2.19. The highest BCUT2D eigenvalue weighted by atomic mass is 35.5. The molecule has 1 unspecified atom stereocenters. The van der Waals surface area contributed by atoms with Gasteiger partial charge in [-0.2, -0.15) is 9.50 Å². The van der Waals surface area contributed by atoms with Gasteiger partial charge >= 0.3 is 0 Å². The van der Waals surface area contributed by atoms with Gasteiger partial charge in [-0.1, -0.05) is 48.0 Å². The van der Waals surface area contributed by atoms with Crippen molar-refractivity contribution in [3.05, 3.63) is 76.6 Å². The van der Waals surface area contributed by atoms with Crippen LogP contribution in [0.15, 0.2) is 59.1 Å². The van der Waals surface area contributed by atoms with Crippen molar-refractivity contribution in [2.75, 3.05) is 6.61 Å². The highest BCUT2D eigenvalue weighted by molar-refractivity contribution is 7.85. The molecule has 0 spiro atoms. The molecule has 4 rings (SSSR count). The van der Waals surface area contributed by atoms with Gasteiger partial charge in [-0.3, -0.25) is 0 Å². The highest BCUT2D eigenvalue weighted by Gasteiger charge is 2.26. The van der Waals surface area contributed by atoms with Gasteiger partial charge in [0.25, 0.3) is 0 Å². The van der Waals surface area contributed by atoms with Crippen LogP contribution >= 0.6 is 11.6 Å². The van der Waals surface area contributed by atoms with Crippen LogP contribution in [0, 0.1) is 0 Å². The van der Waals surface area contributed by atoms with Crippen molar-refractivity contribution in [3.8, 4) is 11.4 Å². The summed E-state index contributed by atoms with van der Waals surface area (Å²) in [6.45, 7) is 6.75. The molecule has 3 aromatic rings. The average Bonchev–Trinajstić information content (AvgIpc) is 3.18. The topological polar surface area (TPSA) is 65.7 Å². The van der Waals surface area contributed by atoms with E-state index in [4.69, 9.17) is 21.1 Å². The second-order valence-corrected chi connectivity index (χ2v) is 10.5. The van der Waals surface area contributed by atoms with Crippen LogP contribution in [0.4, 0.5) is 0 Å². The minimum absolute atomic E-state index is 0.300. The first kappa shape index (κ1) is 21.7. The van der Waals surface area contributed by atoms with Crippen LogP contribution in [0.5, 0.6) is 5.75 Å². The molecule has 1 aliphatic heterocycles. The first-order valence-corrected chi connectivity index (χ1v) is 11.4. The number of fused-ring (bicyclic) bond motifs is 1. The Morgan fingerprint density at radius 1 is 1.16 bits per heavy atom. The summed E-state index contributed by atoms with van der Waals surface area (Å²) in [7, 11) is -1.38. The van der Waals surface area contributed by atoms with Gasteiger partial charge in [-0.15, -0.1) is 0 Å². The number of ether oxygens (including phenoxy) is 2. The summed E-state index contributed by atoms with van der Waals surface area (Å²) >= 11 is 6.68. The second-order valence-electron chi connectivity index (χ2n) is 8.17. The quantitative estimate of drug-likeness (QED) is 0.547. The van der Waals surface area contributed by atoms with E-state index in [-0.39, 0.29) is 0 Å². The average molecular weight is 458 g/mol. The van der Waals surface area contributed by atoms with Crippen LogP contribution in [0.1, 0.15) is 37.6 Å². The lowest BCUT2D eigenvalue weighted by Crippen LogP contribution is -2.25. The van der Waals surface area contributed by atoms with E-state index in [9.17, 15) is 4.21 Å². The maximum Gasteiger partial charge on any atom is 0.145 e. The van der Waals surface area contributed by atoms with Crippen LogP contribution in [0.25, 0.3) is 5.69 Å². The van der Waals surface area contributed by atoms with E-state index in [1.807, 2.05) is 69.3 Å². The molecule has 0 radical (unpaired) electrons. The minimum Gasteiger partial charge on any atom is -0.487 e. The minimum atomic E-state index is -1.38. The largest absolute Gasteiger partial charge is 0.487 e. The summed E-state index contributed by atoms with van der Waals surface area (Å²) in [6.07, 6.45) is 1.73. The molecule has 0 amide bonds. The number of halogens is 1. The van der Waals surface area contributed by atoms with Crippen LogP contribution in [-0.4, -0.2) is 31.1 Å². The lowest BCUT2D eigenvalue weighted by atomic mass is 10.1. The molecule has 31 heavy (non-hydrogen) atoms. The second kappa shape index (κ2) is 8.94. The molecule has 0 fully saturated rings. The van der Waals surface area contributed by atoms with Crippen LogP contribution in [0.3, 0.4) is 0 Å². The number of nitrogens with zero attached hydrogens (tertiary/aromatic N) is 3. The van der Waals surface area contributed by atoms with E-state index in [1.54, 1.807) is 10.9 Å². The van der Waals surface area contributed by atoms with Crippen molar-refractivity contribution >= 4 is 28.3 Å². The lowest BCUT2D eigenvalue weighted by molar-refractivity contribution is 0.147. The number of rotatable bonds is 5. The number of hydrogen-bond acceptors (Lipinski definition) is 4. The van der Waals surface area contributed by atoms with Gasteiger partial charge in [-0.05, 0) is 38.5 Å². The first-order chi connectivity index (χ1) is 14.8. The summed E-state index contributed by atoms with van der Waals surface area (Å²) in [5.74, 6) is 0.576. The molecule has 162 valence electrons. The van der Waals surface area contributed by atoms with Gasteiger partial charge in [0.15, 0.2) is 0 Å². The standard InChI is InChI=1S/C23H24ClN3O3S/c1-23(2,3)31(28)26-18-14-29-15-20-17(18)12-25-27(20)19-10-7-11-21(22(19)24)30-13-16-8-5-4-6-9-16/h4-12H,13-15H2,1-3H3/b26-18+. The van der Waals surface area contributed by atoms with Gasteiger partial charge in [0.05, 0.1) is 41.3 Å². The number of hydrogen-bond donors (Lipinski definition) is 0. The molecule has 0 N–H and O–H groups in total. The SMILES string of the molecule is CC(C)(C)S(=O)/N=C1\COCc2c1cnn2-c1cccc(OCc2ccccc2)c1Cl. The van der Waals surface area contributed by atoms with Crippen LogP contribution in [-0.2, 0) is 28.9 Å². The Labute approximate surface area is 189 Å². The fourth-order valence-electron chi connectivity index (χ4n) is 3.11. The molecule has 1 aliphatic rings. The molecule has 1 aromatic heterocycles. The summed E-state index contributed by atoms with van der Waals surface area (Å²) in [4.78, 5) is 0. The Hall–Kier alpha value is -2.48. The highest BCUT2D eigenvalue weighted by Crippen LogP contribution is 2.33. The zero-order valence-corrected chi connectivity index (χ0v) is 19.2. The molecule has 6 nitrogen and oxygen atoms in total. The number of benzene rings is 2. The Morgan fingerprint density at radius 3 is 2.68 bits per heavy atom. The van der Waals surface area contributed by atoms with E-state index < -0.39 is 15.7 Å². The summed E-state index contributed by atoms with van der Waals surface area (Å²) in [6, 6.07) is 15.5. The van der Waals surface area contributed by atoms with Gasteiger partial charge < -0.3 is 9.47 Å². The van der Waals surface area contributed by atoms with E-state index in [0.717, 1.165) is 16.8 Å². The Morgan fingerprint density at radius 2 is 1.94 bits per heavy atom. The van der Waals surface area contributed by atoms with E-state index in [2.05, 4.69) is 9.50 Å². The zero-order valence-electron chi connectivity index (χ0n) is 17.7. The molecular formula is C23H24ClN3O3S. The molecule has 0 bridgehead atoms. The molecule has 0 saturated carbocycles. The van der Waals surface area contributed by atoms with Crippen molar-refractivity contribution in [3.63, 3.8) is 0 Å². The van der Waals surface area contributed by atoms with Crippen molar-refractivity contribution in [1.29, 1.82) is 0 Å². The predicted molar refractivity (Wildman–Crippen MR) is 123 cm³/mol. The zero-order chi connectivity index (χ0) is 22.0. The molecule has 0 saturated heterocycles. The smallest absolute Gasteiger partial charge is 0.145 e. The number of aromatic nitrogens is 2. The molecular weight excluding hydrogens is 434 g/mol. The van der Waals surface area contributed by atoms with Gasteiger partial charge in [0.1, 0.15) is 28.4 Å². The van der Waals surface area contributed by atoms with E-state index in [0.29, 0.717) is 42.0 Å². The van der Waals surface area contributed by atoms with Gasteiger partial charge in [-0.25, -0.2) is 8.89 Å². The summed E-state index contributed by atoms with van der Waals surface area (Å²) < 4.78 is 29.9. The van der Waals surface area contributed by atoms with Crippen LogP contribution in [0.2, 0.25) is 5.02 Å². The Balaban J connectivity index is 1.64. The monoisotopic (exact) mass is 457 g/mol. The van der Waals surface area contributed by atoms with Crippen LogP contribution < -0.4 is 4.74 Å². The maximum atomic E-state index is 12.5. The third-order valence-electron chi connectivity index (χ3n) is 4.78. The molecule has 2 heterocycles.